The van der Waals surface area contributed by atoms with Crippen LogP contribution in [0.2, 0.25) is 0 Å². The average molecular weight is 267 g/mol. The van der Waals surface area contributed by atoms with Gasteiger partial charge in [-0.15, -0.1) is 0 Å². The van der Waals surface area contributed by atoms with E-state index in [1.807, 2.05) is 12.1 Å². The van der Waals surface area contributed by atoms with Gasteiger partial charge in [0.1, 0.15) is 5.78 Å². The molecule has 98 valence electrons. The Hall–Kier alpha value is -1.20. The smallest absolute Gasteiger partial charge is 0.175 e. The molecule has 0 atom stereocenters. The number of carbonyl (C=O) groups is 1. The number of sulfone groups is 1. The van der Waals surface area contributed by atoms with Crippen LogP contribution < -0.4 is 0 Å². The van der Waals surface area contributed by atoms with E-state index in [4.69, 9.17) is 0 Å². The molecule has 1 aliphatic heterocycles. The van der Waals surface area contributed by atoms with Crippen LogP contribution in [0.15, 0.2) is 29.2 Å². The van der Waals surface area contributed by atoms with Crippen molar-refractivity contribution in [3.8, 4) is 0 Å². The third kappa shape index (κ3) is 3.40. The summed E-state index contributed by atoms with van der Waals surface area (Å²) in [5, 5.41) is 0. The molecule has 18 heavy (non-hydrogen) atoms. The lowest BCUT2D eigenvalue weighted by molar-refractivity contribution is -0.121. The maximum atomic E-state index is 11.3. The van der Waals surface area contributed by atoms with Gasteiger partial charge in [-0.1, -0.05) is 12.1 Å². The van der Waals surface area contributed by atoms with Crippen molar-refractivity contribution >= 4 is 15.6 Å². The van der Waals surface area contributed by atoms with E-state index in [0.717, 1.165) is 25.2 Å². The fourth-order valence-corrected chi connectivity index (χ4v) is 2.69. The number of piperidine rings is 1. The van der Waals surface area contributed by atoms with Crippen LogP contribution in [0.4, 0.5) is 0 Å². The second kappa shape index (κ2) is 5.20. The molecule has 0 radical (unpaired) electrons. The molecular formula is C13H17NO3S. The summed E-state index contributed by atoms with van der Waals surface area (Å²) in [6.45, 7) is 2.37. The number of hydrogen-bond donors (Lipinski definition) is 0. The summed E-state index contributed by atoms with van der Waals surface area (Å²) in [6, 6.07) is 6.96. The van der Waals surface area contributed by atoms with Crippen molar-refractivity contribution < 1.29 is 13.2 Å². The zero-order valence-electron chi connectivity index (χ0n) is 10.4. The summed E-state index contributed by atoms with van der Waals surface area (Å²) in [4.78, 5) is 13.7. The summed E-state index contributed by atoms with van der Waals surface area (Å²) >= 11 is 0. The van der Waals surface area contributed by atoms with Crippen molar-refractivity contribution in [2.45, 2.75) is 24.3 Å². The van der Waals surface area contributed by atoms with E-state index in [-0.39, 0.29) is 0 Å². The Labute approximate surface area is 108 Å². The molecule has 0 spiro atoms. The van der Waals surface area contributed by atoms with E-state index >= 15 is 0 Å². The highest BCUT2D eigenvalue weighted by Crippen LogP contribution is 2.14. The highest BCUT2D eigenvalue weighted by atomic mass is 32.2. The summed E-state index contributed by atoms with van der Waals surface area (Å²) < 4.78 is 22.6. The lowest BCUT2D eigenvalue weighted by atomic mass is 10.1. The first kappa shape index (κ1) is 13.2. The van der Waals surface area contributed by atoms with Gasteiger partial charge in [-0.05, 0) is 17.7 Å². The molecule has 0 amide bonds. The largest absolute Gasteiger partial charge is 0.300 e. The van der Waals surface area contributed by atoms with Crippen molar-refractivity contribution in [2.75, 3.05) is 19.3 Å². The van der Waals surface area contributed by atoms with Gasteiger partial charge in [-0.2, -0.15) is 0 Å². The molecular weight excluding hydrogens is 250 g/mol. The zero-order valence-corrected chi connectivity index (χ0v) is 11.2. The van der Waals surface area contributed by atoms with Crippen molar-refractivity contribution in [1.29, 1.82) is 0 Å². The van der Waals surface area contributed by atoms with Gasteiger partial charge in [0.25, 0.3) is 0 Å². The van der Waals surface area contributed by atoms with Crippen molar-refractivity contribution in [1.82, 2.24) is 4.90 Å². The Kier molecular flexibility index (Phi) is 3.82. The van der Waals surface area contributed by atoms with E-state index in [0.29, 0.717) is 23.5 Å². The van der Waals surface area contributed by atoms with Crippen molar-refractivity contribution in [3.05, 3.63) is 29.8 Å². The third-order valence-electron chi connectivity index (χ3n) is 3.17. The maximum Gasteiger partial charge on any atom is 0.175 e. The first-order valence-electron chi connectivity index (χ1n) is 5.98. The van der Waals surface area contributed by atoms with E-state index in [1.54, 1.807) is 12.1 Å². The second-order valence-electron chi connectivity index (χ2n) is 4.73. The van der Waals surface area contributed by atoms with Crippen LogP contribution in [0, 0.1) is 0 Å². The summed E-state index contributed by atoms with van der Waals surface area (Å²) in [6.07, 6.45) is 2.46. The zero-order chi connectivity index (χ0) is 13.2. The van der Waals surface area contributed by atoms with Crippen LogP contribution in [0.1, 0.15) is 18.4 Å². The minimum absolute atomic E-state index is 0.332. The topological polar surface area (TPSA) is 54.5 Å². The number of Topliss-reactive ketones (excluding diaryl/α,β-unsaturated/α-hetero) is 1. The normalized spacial score (nSPS) is 17.9. The lowest BCUT2D eigenvalue weighted by Gasteiger charge is -2.25. The van der Waals surface area contributed by atoms with E-state index in [9.17, 15) is 13.2 Å². The van der Waals surface area contributed by atoms with Crippen LogP contribution in [0.3, 0.4) is 0 Å². The number of ketones is 1. The number of carbonyl (C=O) groups excluding carboxylic acids is 1. The van der Waals surface area contributed by atoms with Crippen LogP contribution in [0.5, 0.6) is 0 Å². The maximum absolute atomic E-state index is 11.3. The van der Waals surface area contributed by atoms with Crippen molar-refractivity contribution in [2.24, 2.45) is 0 Å². The monoisotopic (exact) mass is 267 g/mol. The Morgan fingerprint density at radius 1 is 1.11 bits per heavy atom. The lowest BCUT2D eigenvalue weighted by Crippen LogP contribution is -2.33. The van der Waals surface area contributed by atoms with Gasteiger partial charge in [-0.25, -0.2) is 8.42 Å². The van der Waals surface area contributed by atoms with E-state index in [1.165, 1.54) is 6.26 Å². The number of rotatable bonds is 3. The molecule has 1 saturated heterocycles. The van der Waals surface area contributed by atoms with E-state index in [2.05, 4.69) is 4.90 Å². The first-order valence-corrected chi connectivity index (χ1v) is 7.87. The van der Waals surface area contributed by atoms with Gasteiger partial charge < -0.3 is 0 Å². The van der Waals surface area contributed by atoms with Gasteiger partial charge in [0.05, 0.1) is 4.90 Å². The molecule has 0 N–H and O–H groups in total. The highest BCUT2D eigenvalue weighted by molar-refractivity contribution is 7.90. The molecule has 2 rings (SSSR count). The Bertz CT molecular complexity index is 524. The molecule has 1 aromatic rings. The molecule has 0 saturated carbocycles. The van der Waals surface area contributed by atoms with E-state index < -0.39 is 9.84 Å². The molecule has 0 aromatic heterocycles. The fraction of sp³-hybridized carbons (Fsp3) is 0.462. The van der Waals surface area contributed by atoms with Gasteiger partial charge in [0.2, 0.25) is 0 Å². The predicted molar refractivity (Wildman–Crippen MR) is 69.1 cm³/mol. The highest BCUT2D eigenvalue weighted by Gasteiger charge is 2.16. The van der Waals surface area contributed by atoms with Gasteiger partial charge >= 0.3 is 0 Å². The first-order chi connectivity index (χ1) is 8.45. The quantitative estimate of drug-likeness (QED) is 0.827. The van der Waals surface area contributed by atoms with Crippen LogP contribution in [0.25, 0.3) is 0 Å². The molecule has 1 heterocycles. The van der Waals surface area contributed by atoms with Crippen molar-refractivity contribution in [3.63, 3.8) is 0 Å². The SMILES string of the molecule is CS(=O)(=O)c1ccc(CN2CCC(=O)CC2)cc1. The standard InChI is InChI=1S/C13H17NO3S/c1-18(16,17)13-4-2-11(3-5-13)10-14-8-6-12(15)7-9-14/h2-5H,6-10H2,1H3. The number of likely N-dealkylation sites (tertiary alicyclic amines) is 1. The van der Waals surface area contributed by atoms with Gasteiger partial charge in [0.15, 0.2) is 9.84 Å². The number of nitrogens with zero attached hydrogens (tertiary/aromatic N) is 1. The van der Waals surface area contributed by atoms with Crippen LogP contribution in [-0.2, 0) is 21.2 Å². The molecule has 0 aliphatic carbocycles. The minimum atomic E-state index is -3.12. The van der Waals surface area contributed by atoms with Crippen LogP contribution in [-0.4, -0.2) is 38.4 Å². The molecule has 1 aromatic carbocycles. The molecule has 5 heteroatoms. The fourth-order valence-electron chi connectivity index (χ4n) is 2.06. The summed E-state index contributed by atoms with van der Waals surface area (Å²) in [5.41, 5.74) is 1.08. The van der Waals surface area contributed by atoms with Gasteiger partial charge in [0, 0.05) is 38.7 Å². The molecule has 1 aliphatic rings. The molecule has 4 nitrogen and oxygen atoms in total. The van der Waals surface area contributed by atoms with Gasteiger partial charge in [-0.3, -0.25) is 9.69 Å². The summed E-state index contributed by atoms with van der Waals surface area (Å²) in [7, 11) is -3.12. The summed E-state index contributed by atoms with van der Waals surface area (Å²) in [5.74, 6) is 0.332. The average Bonchev–Trinajstić information content (AvgIpc) is 2.32. The molecule has 0 bridgehead atoms. The van der Waals surface area contributed by atoms with Crippen LogP contribution >= 0.6 is 0 Å². The predicted octanol–water partition coefficient (Wildman–Crippen LogP) is 1.26. The number of benzene rings is 1. The molecule has 0 unspecified atom stereocenters. The Morgan fingerprint density at radius 3 is 2.17 bits per heavy atom. The minimum Gasteiger partial charge on any atom is -0.300 e. The third-order valence-corrected chi connectivity index (χ3v) is 4.30. The number of hydrogen-bond acceptors (Lipinski definition) is 4. The molecule has 1 fully saturated rings. The Morgan fingerprint density at radius 2 is 1.67 bits per heavy atom. The Balaban J connectivity index is 2.00. The second-order valence-corrected chi connectivity index (χ2v) is 6.75.